The van der Waals surface area contributed by atoms with Crippen LogP contribution >= 0.6 is 9.90 Å². The van der Waals surface area contributed by atoms with Crippen LogP contribution in [0.5, 0.6) is 11.5 Å². The van der Waals surface area contributed by atoms with Crippen LogP contribution in [0.15, 0.2) is 24.3 Å². The van der Waals surface area contributed by atoms with Crippen LogP contribution < -0.4 is 0 Å². The molecule has 0 spiro atoms. The lowest BCUT2D eigenvalue weighted by molar-refractivity contribution is 0.435. The molecule has 2 rings (SSSR count). The van der Waals surface area contributed by atoms with Gasteiger partial charge in [-0.1, -0.05) is 76.9 Å². The molecule has 0 aliphatic heterocycles. The predicted octanol–water partition coefficient (Wildman–Crippen LogP) is 5.96. The van der Waals surface area contributed by atoms with Crippen LogP contribution in [-0.2, 0) is 17.3 Å². The first-order chi connectivity index (χ1) is 11.3. The van der Waals surface area contributed by atoms with Crippen LogP contribution in [-0.4, -0.2) is 10.2 Å². The number of aryl methyl sites for hydroxylation is 2. The molecule has 0 amide bonds. The molecule has 2 aromatic rings. The Balaban J connectivity index is 0.00000338. The summed E-state index contributed by atoms with van der Waals surface area (Å²) in [5, 5.41) is 21.6. The summed E-state index contributed by atoms with van der Waals surface area (Å²) in [7, 11) is 0. The molecular weight excluding hydrogens is 339 g/mol. The maximum atomic E-state index is 10.8. The Morgan fingerprint density at radius 1 is 0.654 bits per heavy atom. The van der Waals surface area contributed by atoms with E-state index in [0.717, 1.165) is 33.4 Å². The standard InChI is InChI=1S/C23H32O2.H3P/c1-14-9-16(20(24)18(11-14)22(3,4)5)13-17-10-15(2)12-19(21(17)25)23(6,7)8;/h9-12,24-25H,13H2,1-8H3;1H3. The van der Waals surface area contributed by atoms with Crippen molar-refractivity contribution in [1.29, 1.82) is 0 Å². The maximum Gasteiger partial charge on any atom is 0.122 e. The van der Waals surface area contributed by atoms with Crippen molar-refractivity contribution in [2.45, 2.75) is 72.6 Å². The first-order valence-corrected chi connectivity index (χ1v) is 8.96. The number of hydrogen-bond donors (Lipinski definition) is 2. The lowest BCUT2D eigenvalue weighted by Gasteiger charge is -2.25. The molecular formula is C23H35O2P. The van der Waals surface area contributed by atoms with Gasteiger partial charge >= 0.3 is 0 Å². The molecule has 0 heterocycles. The largest absolute Gasteiger partial charge is 0.507 e. The number of benzene rings is 2. The highest BCUT2D eigenvalue weighted by molar-refractivity contribution is 6.92. The van der Waals surface area contributed by atoms with Gasteiger partial charge in [0.25, 0.3) is 0 Å². The summed E-state index contributed by atoms with van der Waals surface area (Å²) >= 11 is 0. The molecule has 1 unspecified atom stereocenters. The molecule has 2 N–H and O–H groups in total. The first-order valence-electron chi connectivity index (χ1n) is 8.96. The fourth-order valence-corrected chi connectivity index (χ4v) is 3.33. The normalized spacial score (nSPS) is 12.0. The molecule has 0 bridgehead atoms. The van der Waals surface area contributed by atoms with Gasteiger partial charge in [-0.05, 0) is 46.9 Å². The van der Waals surface area contributed by atoms with Crippen LogP contribution in [0.3, 0.4) is 0 Å². The van der Waals surface area contributed by atoms with Crippen molar-refractivity contribution in [2.24, 2.45) is 0 Å². The van der Waals surface area contributed by atoms with Gasteiger partial charge < -0.3 is 10.2 Å². The third-order valence-corrected chi connectivity index (χ3v) is 4.66. The molecule has 0 radical (unpaired) electrons. The first kappa shape index (κ1) is 22.5. The Kier molecular flexibility index (Phi) is 6.59. The molecule has 2 nitrogen and oxygen atoms in total. The molecule has 0 aliphatic rings. The van der Waals surface area contributed by atoms with Crippen LogP contribution in [0.2, 0.25) is 0 Å². The monoisotopic (exact) mass is 374 g/mol. The van der Waals surface area contributed by atoms with Gasteiger partial charge in [-0.15, -0.1) is 0 Å². The Bertz CT molecular complexity index is 726. The van der Waals surface area contributed by atoms with Gasteiger partial charge in [0.2, 0.25) is 0 Å². The number of aromatic hydroxyl groups is 2. The SMILES string of the molecule is Cc1cc(Cc2cc(C)cc(C(C)(C)C)c2O)c(O)c(C(C)(C)C)c1.P. The topological polar surface area (TPSA) is 40.5 Å². The zero-order valence-corrected chi connectivity index (χ0v) is 19.0. The van der Waals surface area contributed by atoms with E-state index in [1.165, 1.54) is 0 Å². The molecule has 26 heavy (non-hydrogen) atoms. The van der Waals surface area contributed by atoms with Crippen LogP contribution in [0.1, 0.15) is 74.9 Å². The Labute approximate surface area is 162 Å². The van der Waals surface area contributed by atoms with Crippen molar-refractivity contribution < 1.29 is 10.2 Å². The lowest BCUT2D eigenvalue weighted by Crippen LogP contribution is -2.14. The second kappa shape index (κ2) is 7.61. The number of phenols is 2. The van der Waals surface area contributed by atoms with E-state index in [0.29, 0.717) is 17.9 Å². The molecule has 1 atom stereocenters. The van der Waals surface area contributed by atoms with Crippen molar-refractivity contribution in [3.63, 3.8) is 0 Å². The van der Waals surface area contributed by atoms with E-state index >= 15 is 0 Å². The Hall–Kier alpha value is -1.53. The summed E-state index contributed by atoms with van der Waals surface area (Å²) in [6.07, 6.45) is 0.521. The van der Waals surface area contributed by atoms with E-state index < -0.39 is 0 Å². The summed E-state index contributed by atoms with van der Waals surface area (Å²) in [5.74, 6) is 0.688. The van der Waals surface area contributed by atoms with Gasteiger partial charge in [-0.25, -0.2) is 0 Å². The van der Waals surface area contributed by atoms with Gasteiger partial charge in [-0.2, -0.15) is 9.90 Å². The van der Waals surface area contributed by atoms with E-state index in [9.17, 15) is 10.2 Å². The fourth-order valence-electron chi connectivity index (χ4n) is 3.33. The predicted molar refractivity (Wildman–Crippen MR) is 117 cm³/mol. The van der Waals surface area contributed by atoms with Crippen LogP contribution in [0.25, 0.3) is 0 Å². The van der Waals surface area contributed by atoms with Gasteiger partial charge in [-0.3, -0.25) is 0 Å². The molecule has 0 aliphatic carbocycles. The second-order valence-corrected chi connectivity index (χ2v) is 9.32. The minimum Gasteiger partial charge on any atom is -0.507 e. The third kappa shape index (κ3) is 4.80. The van der Waals surface area contributed by atoms with Gasteiger partial charge in [0, 0.05) is 6.42 Å². The fraction of sp³-hybridized carbons (Fsp3) is 0.478. The van der Waals surface area contributed by atoms with Gasteiger partial charge in [0.1, 0.15) is 11.5 Å². The highest BCUT2D eigenvalue weighted by Crippen LogP contribution is 2.39. The molecule has 0 aromatic heterocycles. The molecule has 3 heteroatoms. The molecule has 0 fully saturated rings. The average molecular weight is 375 g/mol. The molecule has 144 valence electrons. The minimum atomic E-state index is -0.129. The summed E-state index contributed by atoms with van der Waals surface area (Å²) < 4.78 is 0. The van der Waals surface area contributed by atoms with E-state index in [4.69, 9.17) is 0 Å². The summed E-state index contributed by atoms with van der Waals surface area (Å²) in [6, 6.07) is 8.14. The smallest absolute Gasteiger partial charge is 0.122 e. The van der Waals surface area contributed by atoms with E-state index in [2.05, 4.69) is 67.5 Å². The third-order valence-electron chi connectivity index (χ3n) is 4.66. The zero-order chi connectivity index (χ0) is 19.2. The van der Waals surface area contributed by atoms with Crippen molar-refractivity contribution >= 4 is 9.90 Å². The Morgan fingerprint density at radius 2 is 0.962 bits per heavy atom. The van der Waals surface area contributed by atoms with Crippen LogP contribution in [0.4, 0.5) is 0 Å². The van der Waals surface area contributed by atoms with Gasteiger partial charge in [0.15, 0.2) is 0 Å². The highest BCUT2D eigenvalue weighted by Gasteiger charge is 2.24. The van der Waals surface area contributed by atoms with Crippen LogP contribution in [0, 0.1) is 13.8 Å². The Morgan fingerprint density at radius 3 is 1.23 bits per heavy atom. The zero-order valence-electron chi connectivity index (χ0n) is 17.6. The number of hydrogen-bond acceptors (Lipinski definition) is 2. The molecule has 0 saturated carbocycles. The summed E-state index contributed by atoms with van der Waals surface area (Å²) in [6.45, 7) is 16.7. The number of phenolic OH excluding ortho intramolecular Hbond substituents is 2. The van der Waals surface area contributed by atoms with Crippen molar-refractivity contribution in [2.75, 3.05) is 0 Å². The molecule has 2 aromatic carbocycles. The highest BCUT2D eigenvalue weighted by atomic mass is 31.0. The van der Waals surface area contributed by atoms with Gasteiger partial charge in [0.05, 0.1) is 0 Å². The van der Waals surface area contributed by atoms with E-state index in [1.807, 2.05) is 12.1 Å². The maximum absolute atomic E-state index is 10.8. The lowest BCUT2D eigenvalue weighted by atomic mass is 9.81. The van der Waals surface area contributed by atoms with Crippen molar-refractivity contribution in [3.05, 3.63) is 57.6 Å². The molecule has 0 saturated heterocycles. The minimum absolute atomic E-state index is 0. The quantitative estimate of drug-likeness (QED) is 0.637. The average Bonchev–Trinajstić information content (AvgIpc) is 2.43. The van der Waals surface area contributed by atoms with E-state index in [-0.39, 0.29) is 20.7 Å². The summed E-state index contributed by atoms with van der Waals surface area (Å²) in [5.41, 5.74) is 5.63. The summed E-state index contributed by atoms with van der Waals surface area (Å²) in [4.78, 5) is 0. The van der Waals surface area contributed by atoms with E-state index in [1.54, 1.807) is 0 Å². The van der Waals surface area contributed by atoms with Crippen molar-refractivity contribution in [3.8, 4) is 11.5 Å². The second-order valence-electron chi connectivity index (χ2n) is 9.32. The number of rotatable bonds is 2. The van der Waals surface area contributed by atoms with Crippen molar-refractivity contribution in [1.82, 2.24) is 0 Å².